The third-order valence-corrected chi connectivity index (χ3v) is 5.74. The summed E-state index contributed by atoms with van der Waals surface area (Å²) >= 11 is 6.15. The highest BCUT2D eigenvalue weighted by Gasteiger charge is 2.32. The molecule has 4 nitrogen and oxygen atoms in total. The zero-order valence-electron chi connectivity index (χ0n) is 19.1. The lowest BCUT2D eigenvalue weighted by Gasteiger charge is -2.32. The molecule has 0 aromatic heterocycles. The van der Waals surface area contributed by atoms with Gasteiger partial charge in [0.15, 0.2) is 0 Å². The summed E-state index contributed by atoms with van der Waals surface area (Å²) in [7, 11) is 0. The highest BCUT2D eigenvalue weighted by molar-refractivity contribution is 6.31. The fourth-order valence-corrected chi connectivity index (χ4v) is 3.93. The van der Waals surface area contributed by atoms with E-state index < -0.39 is 23.6 Å². The van der Waals surface area contributed by atoms with E-state index in [-0.39, 0.29) is 47.5 Å². The first kappa shape index (κ1) is 25.4. The normalized spacial score (nSPS) is 11.8. The van der Waals surface area contributed by atoms with E-state index in [1.807, 2.05) is 44.2 Å². The SMILES string of the molecule is CC(C)NC(=O)[C@@H](Cc1ccccc1)N(Cc1ccccc1F)C(=O)Cc1c(F)cccc1Cl. The van der Waals surface area contributed by atoms with E-state index in [1.165, 1.54) is 29.2 Å². The second-order valence-electron chi connectivity index (χ2n) is 8.36. The first-order valence-electron chi connectivity index (χ1n) is 11.1. The Morgan fingerprint density at radius 2 is 1.56 bits per heavy atom. The fourth-order valence-electron chi connectivity index (χ4n) is 3.70. The molecule has 3 aromatic rings. The lowest BCUT2D eigenvalue weighted by atomic mass is 10.0. The van der Waals surface area contributed by atoms with Crippen molar-refractivity contribution in [1.82, 2.24) is 10.2 Å². The largest absolute Gasteiger partial charge is 0.352 e. The highest BCUT2D eigenvalue weighted by Crippen LogP contribution is 2.23. The first-order valence-corrected chi connectivity index (χ1v) is 11.4. The van der Waals surface area contributed by atoms with Crippen LogP contribution in [0.1, 0.15) is 30.5 Å². The van der Waals surface area contributed by atoms with E-state index in [0.717, 1.165) is 5.56 Å². The minimum Gasteiger partial charge on any atom is -0.352 e. The van der Waals surface area contributed by atoms with Crippen LogP contribution in [0.2, 0.25) is 5.02 Å². The molecule has 0 aliphatic carbocycles. The van der Waals surface area contributed by atoms with Gasteiger partial charge in [0.2, 0.25) is 11.8 Å². The maximum absolute atomic E-state index is 14.6. The zero-order chi connectivity index (χ0) is 24.7. The van der Waals surface area contributed by atoms with Gasteiger partial charge in [-0.25, -0.2) is 8.78 Å². The Kier molecular flexibility index (Phi) is 8.77. The summed E-state index contributed by atoms with van der Waals surface area (Å²) < 4.78 is 29.0. The molecule has 0 heterocycles. The number of nitrogens with zero attached hydrogens (tertiary/aromatic N) is 1. The molecule has 0 aliphatic rings. The van der Waals surface area contributed by atoms with Crippen LogP contribution in [-0.2, 0) is 29.0 Å². The van der Waals surface area contributed by atoms with Crippen molar-refractivity contribution in [2.45, 2.75) is 45.3 Å². The Labute approximate surface area is 203 Å². The Balaban J connectivity index is 2.02. The highest BCUT2D eigenvalue weighted by atomic mass is 35.5. The van der Waals surface area contributed by atoms with Crippen molar-refractivity contribution < 1.29 is 18.4 Å². The average Bonchev–Trinajstić information content (AvgIpc) is 2.80. The van der Waals surface area contributed by atoms with Crippen LogP contribution in [0, 0.1) is 11.6 Å². The van der Waals surface area contributed by atoms with Crippen molar-refractivity contribution >= 4 is 23.4 Å². The van der Waals surface area contributed by atoms with E-state index in [2.05, 4.69) is 5.32 Å². The van der Waals surface area contributed by atoms with Gasteiger partial charge in [0.25, 0.3) is 0 Å². The van der Waals surface area contributed by atoms with E-state index >= 15 is 0 Å². The monoisotopic (exact) mass is 484 g/mol. The summed E-state index contributed by atoms with van der Waals surface area (Å²) in [5, 5.41) is 2.97. The first-order chi connectivity index (χ1) is 16.3. The smallest absolute Gasteiger partial charge is 0.243 e. The van der Waals surface area contributed by atoms with Crippen molar-refractivity contribution in [3.8, 4) is 0 Å². The molecule has 3 rings (SSSR count). The fraction of sp³-hybridized carbons (Fsp3) is 0.259. The topological polar surface area (TPSA) is 49.4 Å². The number of hydrogen-bond donors (Lipinski definition) is 1. The molecule has 0 saturated carbocycles. The zero-order valence-corrected chi connectivity index (χ0v) is 19.9. The molecule has 0 aliphatic heterocycles. The third-order valence-electron chi connectivity index (χ3n) is 5.39. The number of hydrogen-bond acceptors (Lipinski definition) is 2. The van der Waals surface area contributed by atoms with Crippen molar-refractivity contribution in [3.05, 3.63) is 106 Å². The average molecular weight is 485 g/mol. The van der Waals surface area contributed by atoms with Crippen LogP contribution in [0.5, 0.6) is 0 Å². The van der Waals surface area contributed by atoms with Crippen LogP contribution in [0.4, 0.5) is 8.78 Å². The van der Waals surface area contributed by atoms with Gasteiger partial charge in [-0.3, -0.25) is 9.59 Å². The van der Waals surface area contributed by atoms with Crippen LogP contribution in [0.3, 0.4) is 0 Å². The summed E-state index contributed by atoms with van der Waals surface area (Å²) in [5.41, 5.74) is 1.13. The number of carbonyl (C=O) groups is 2. The van der Waals surface area contributed by atoms with Gasteiger partial charge >= 0.3 is 0 Å². The summed E-state index contributed by atoms with van der Waals surface area (Å²) in [5.74, 6) is -2.01. The van der Waals surface area contributed by atoms with Crippen molar-refractivity contribution in [1.29, 1.82) is 0 Å². The maximum Gasteiger partial charge on any atom is 0.243 e. The van der Waals surface area contributed by atoms with E-state index in [1.54, 1.807) is 18.2 Å². The quantitative estimate of drug-likeness (QED) is 0.446. The minimum atomic E-state index is -0.942. The molecule has 0 bridgehead atoms. The number of nitrogens with one attached hydrogen (secondary N) is 1. The summed E-state index contributed by atoms with van der Waals surface area (Å²) in [6.07, 6.45) is -0.148. The Bertz CT molecular complexity index is 1120. The lowest BCUT2D eigenvalue weighted by Crippen LogP contribution is -2.52. The van der Waals surface area contributed by atoms with E-state index in [9.17, 15) is 18.4 Å². The number of benzene rings is 3. The molecule has 0 radical (unpaired) electrons. The van der Waals surface area contributed by atoms with E-state index in [0.29, 0.717) is 0 Å². The van der Waals surface area contributed by atoms with Gasteiger partial charge < -0.3 is 10.2 Å². The molecule has 178 valence electrons. The van der Waals surface area contributed by atoms with Crippen LogP contribution < -0.4 is 5.32 Å². The van der Waals surface area contributed by atoms with Crippen LogP contribution in [0.25, 0.3) is 0 Å². The number of amides is 2. The standard InChI is InChI=1S/C27H27ClF2N2O2/c1-18(2)31-27(34)25(15-19-9-4-3-5-10-19)32(17-20-11-6-7-13-23(20)29)26(33)16-21-22(28)12-8-14-24(21)30/h3-14,18,25H,15-17H2,1-2H3,(H,31,34)/t25-/m1/s1. The van der Waals surface area contributed by atoms with Crippen molar-refractivity contribution in [2.75, 3.05) is 0 Å². The maximum atomic E-state index is 14.6. The summed E-state index contributed by atoms with van der Waals surface area (Å²) in [4.78, 5) is 28.1. The third kappa shape index (κ3) is 6.64. The minimum absolute atomic E-state index is 0.0374. The molecular formula is C27H27ClF2N2O2. The Morgan fingerprint density at radius 1 is 0.912 bits per heavy atom. The second kappa shape index (κ2) is 11.7. The van der Waals surface area contributed by atoms with Crippen LogP contribution in [0.15, 0.2) is 72.8 Å². The summed E-state index contributed by atoms with van der Waals surface area (Å²) in [6.45, 7) is 3.49. The van der Waals surface area contributed by atoms with Crippen LogP contribution >= 0.6 is 11.6 Å². The van der Waals surface area contributed by atoms with Gasteiger partial charge in [-0.15, -0.1) is 0 Å². The van der Waals surface area contributed by atoms with Crippen molar-refractivity contribution in [3.63, 3.8) is 0 Å². The predicted molar refractivity (Wildman–Crippen MR) is 129 cm³/mol. The van der Waals surface area contributed by atoms with Gasteiger partial charge in [-0.2, -0.15) is 0 Å². The van der Waals surface area contributed by atoms with Gasteiger partial charge in [-0.05, 0) is 37.6 Å². The van der Waals surface area contributed by atoms with Gasteiger partial charge in [0.1, 0.15) is 17.7 Å². The number of carbonyl (C=O) groups excluding carboxylic acids is 2. The molecule has 2 amide bonds. The lowest BCUT2D eigenvalue weighted by molar-refractivity contribution is -0.141. The number of rotatable bonds is 9. The molecule has 34 heavy (non-hydrogen) atoms. The Morgan fingerprint density at radius 3 is 2.21 bits per heavy atom. The van der Waals surface area contributed by atoms with E-state index in [4.69, 9.17) is 11.6 Å². The Hall–Kier alpha value is -3.25. The van der Waals surface area contributed by atoms with Gasteiger partial charge in [0, 0.05) is 35.2 Å². The van der Waals surface area contributed by atoms with Gasteiger partial charge in [0.05, 0.1) is 6.42 Å². The molecule has 0 fully saturated rings. The van der Waals surface area contributed by atoms with Gasteiger partial charge in [-0.1, -0.05) is 66.2 Å². The molecule has 3 aromatic carbocycles. The van der Waals surface area contributed by atoms with Crippen molar-refractivity contribution in [2.24, 2.45) is 0 Å². The molecule has 1 N–H and O–H groups in total. The molecule has 1 atom stereocenters. The predicted octanol–water partition coefficient (Wildman–Crippen LogP) is 5.33. The second-order valence-corrected chi connectivity index (χ2v) is 8.77. The molecule has 0 saturated heterocycles. The number of halogens is 3. The molecule has 0 unspecified atom stereocenters. The molecule has 0 spiro atoms. The molecule has 7 heteroatoms. The summed E-state index contributed by atoms with van der Waals surface area (Å²) in [6, 6.07) is 18.4. The van der Waals surface area contributed by atoms with Crippen LogP contribution in [-0.4, -0.2) is 28.8 Å². The molecular weight excluding hydrogens is 458 g/mol.